The van der Waals surface area contributed by atoms with Crippen molar-refractivity contribution in [3.63, 3.8) is 0 Å². The molecule has 3 rings (SSSR count). The highest BCUT2D eigenvalue weighted by atomic mass is 16.5. The number of rotatable bonds is 4. The number of aromatic carboxylic acids is 1. The molecule has 1 heterocycles. The van der Waals surface area contributed by atoms with Gasteiger partial charge >= 0.3 is 5.97 Å². The Morgan fingerprint density at radius 1 is 1.27 bits per heavy atom. The van der Waals surface area contributed by atoms with Gasteiger partial charge in [0.25, 0.3) is 0 Å². The first-order chi connectivity index (χ1) is 10.7. The number of fused-ring (bicyclic) bond motifs is 1. The number of aryl methyl sites for hydroxylation is 1. The molecular weight excluding hydrogens is 280 g/mol. The first kappa shape index (κ1) is 14.1. The molecule has 0 aliphatic rings. The van der Waals surface area contributed by atoms with Crippen LogP contribution in [0.2, 0.25) is 0 Å². The van der Waals surface area contributed by atoms with Crippen molar-refractivity contribution in [3.8, 4) is 17.1 Å². The van der Waals surface area contributed by atoms with Crippen LogP contribution in [0.15, 0.2) is 42.5 Å². The van der Waals surface area contributed by atoms with E-state index in [1.165, 1.54) is 7.11 Å². The zero-order chi connectivity index (χ0) is 15.7. The molecule has 0 aliphatic heterocycles. The van der Waals surface area contributed by atoms with E-state index >= 15 is 0 Å². The van der Waals surface area contributed by atoms with Crippen LogP contribution in [0, 0.1) is 0 Å². The van der Waals surface area contributed by atoms with Crippen molar-refractivity contribution in [2.45, 2.75) is 13.5 Å². The number of hydrogen-bond acceptors (Lipinski definition) is 3. The second-order valence-electron chi connectivity index (χ2n) is 4.89. The summed E-state index contributed by atoms with van der Waals surface area (Å²) < 4.78 is 7.30. The lowest BCUT2D eigenvalue weighted by atomic mass is 10.1. The maximum absolute atomic E-state index is 11.2. The molecule has 5 heteroatoms. The van der Waals surface area contributed by atoms with Gasteiger partial charge in [-0.1, -0.05) is 18.2 Å². The quantitative estimate of drug-likeness (QED) is 0.801. The third-order valence-corrected chi connectivity index (χ3v) is 3.66. The molecule has 0 fully saturated rings. The third kappa shape index (κ3) is 2.20. The highest BCUT2D eigenvalue weighted by Gasteiger charge is 2.16. The Morgan fingerprint density at radius 3 is 2.73 bits per heavy atom. The third-order valence-electron chi connectivity index (χ3n) is 3.66. The predicted octanol–water partition coefficient (Wildman–Crippen LogP) is 3.43. The van der Waals surface area contributed by atoms with Crippen LogP contribution in [0.4, 0.5) is 0 Å². The molecule has 0 atom stereocenters. The Balaban J connectivity index is 2.21. The van der Waals surface area contributed by atoms with Gasteiger partial charge in [-0.2, -0.15) is 0 Å². The van der Waals surface area contributed by atoms with Crippen LogP contribution in [-0.2, 0) is 6.54 Å². The fraction of sp³-hybridized carbons (Fsp3) is 0.176. The van der Waals surface area contributed by atoms with E-state index in [1.807, 2.05) is 24.3 Å². The maximum Gasteiger partial charge on any atom is 0.339 e. The summed E-state index contributed by atoms with van der Waals surface area (Å²) in [5.74, 6) is 0.131. The first-order valence-corrected chi connectivity index (χ1v) is 7.02. The van der Waals surface area contributed by atoms with Crippen LogP contribution < -0.4 is 4.74 Å². The number of ether oxygens (including phenoxy) is 1. The van der Waals surface area contributed by atoms with E-state index in [4.69, 9.17) is 4.74 Å². The molecular formula is C17H16N2O3. The van der Waals surface area contributed by atoms with Crippen molar-refractivity contribution in [3.05, 3.63) is 48.0 Å². The van der Waals surface area contributed by atoms with Crippen molar-refractivity contribution in [1.82, 2.24) is 9.55 Å². The largest absolute Gasteiger partial charge is 0.496 e. The normalized spacial score (nSPS) is 10.8. The second kappa shape index (κ2) is 5.52. The van der Waals surface area contributed by atoms with Gasteiger partial charge in [-0.3, -0.25) is 0 Å². The molecule has 0 amide bonds. The van der Waals surface area contributed by atoms with E-state index in [2.05, 4.69) is 16.5 Å². The predicted molar refractivity (Wildman–Crippen MR) is 84.4 cm³/mol. The molecule has 0 unspecified atom stereocenters. The number of carboxylic acids is 1. The van der Waals surface area contributed by atoms with Gasteiger partial charge in [0.05, 0.1) is 18.1 Å². The molecule has 0 saturated carbocycles. The van der Waals surface area contributed by atoms with Crippen LogP contribution in [0.5, 0.6) is 5.75 Å². The smallest absolute Gasteiger partial charge is 0.339 e. The number of methoxy groups -OCH3 is 1. The van der Waals surface area contributed by atoms with E-state index in [9.17, 15) is 9.90 Å². The standard InChI is InChI=1S/C17H16N2O3/c1-3-19-14-7-5-4-6-13(14)18-16(19)11-8-9-12(17(20)21)15(10-11)22-2/h4-10H,3H2,1-2H3,(H,20,21). The average molecular weight is 296 g/mol. The van der Waals surface area contributed by atoms with E-state index in [0.29, 0.717) is 5.75 Å². The fourth-order valence-electron chi connectivity index (χ4n) is 2.62. The van der Waals surface area contributed by atoms with Crippen molar-refractivity contribution >= 4 is 17.0 Å². The first-order valence-electron chi connectivity index (χ1n) is 7.02. The minimum atomic E-state index is -1.01. The SMILES string of the molecule is CCn1c(-c2ccc(C(=O)O)c(OC)c2)nc2ccccc21. The minimum Gasteiger partial charge on any atom is -0.496 e. The zero-order valence-corrected chi connectivity index (χ0v) is 12.4. The molecule has 1 aromatic heterocycles. The van der Waals surface area contributed by atoms with Gasteiger partial charge < -0.3 is 14.4 Å². The molecule has 0 saturated heterocycles. The lowest BCUT2D eigenvalue weighted by Gasteiger charge is -2.09. The number of hydrogen-bond donors (Lipinski definition) is 1. The lowest BCUT2D eigenvalue weighted by molar-refractivity contribution is 0.0693. The molecule has 0 spiro atoms. The highest BCUT2D eigenvalue weighted by molar-refractivity contribution is 5.92. The topological polar surface area (TPSA) is 64.4 Å². The minimum absolute atomic E-state index is 0.144. The summed E-state index contributed by atoms with van der Waals surface area (Å²) in [6.45, 7) is 2.83. The molecule has 112 valence electrons. The molecule has 0 aliphatic carbocycles. The van der Waals surface area contributed by atoms with Gasteiger partial charge in [0.15, 0.2) is 0 Å². The Morgan fingerprint density at radius 2 is 2.05 bits per heavy atom. The Bertz CT molecular complexity index is 852. The van der Waals surface area contributed by atoms with E-state index in [-0.39, 0.29) is 5.56 Å². The molecule has 1 N–H and O–H groups in total. The van der Waals surface area contributed by atoms with E-state index < -0.39 is 5.97 Å². The van der Waals surface area contributed by atoms with E-state index in [0.717, 1.165) is 29.0 Å². The van der Waals surface area contributed by atoms with Gasteiger partial charge in [0, 0.05) is 12.1 Å². The fourth-order valence-corrected chi connectivity index (χ4v) is 2.62. The van der Waals surface area contributed by atoms with Gasteiger partial charge in [-0.15, -0.1) is 0 Å². The Hall–Kier alpha value is -2.82. The molecule has 2 aromatic carbocycles. The second-order valence-corrected chi connectivity index (χ2v) is 4.89. The van der Waals surface area contributed by atoms with Crippen LogP contribution >= 0.6 is 0 Å². The summed E-state index contributed by atoms with van der Waals surface area (Å²) in [5, 5.41) is 9.17. The van der Waals surface area contributed by atoms with Crippen LogP contribution in [0.3, 0.4) is 0 Å². The zero-order valence-electron chi connectivity index (χ0n) is 12.4. The summed E-state index contributed by atoms with van der Waals surface area (Å²) in [4.78, 5) is 15.9. The number of carboxylic acid groups (broad SMARTS) is 1. The molecule has 0 bridgehead atoms. The number of benzene rings is 2. The Labute approximate surface area is 127 Å². The number of para-hydroxylation sites is 2. The van der Waals surface area contributed by atoms with Crippen molar-refractivity contribution in [2.24, 2.45) is 0 Å². The maximum atomic E-state index is 11.2. The number of carbonyl (C=O) groups is 1. The number of nitrogens with zero attached hydrogens (tertiary/aromatic N) is 2. The van der Waals surface area contributed by atoms with Crippen LogP contribution in [0.1, 0.15) is 17.3 Å². The van der Waals surface area contributed by atoms with Crippen molar-refractivity contribution in [1.29, 1.82) is 0 Å². The lowest BCUT2D eigenvalue weighted by Crippen LogP contribution is -2.02. The van der Waals surface area contributed by atoms with E-state index in [1.54, 1.807) is 18.2 Å². The number of aromatic nitrogens is 2. The summed E-state index contributed by atoms with van der Waals surface area (Å²) >= 11 is 0. The van der Waals surface area contributed by atoms with Gasteiger partial charge in [-0.05, 0) is 31.2 Å². The van der Waals surface area contributed by atoms with Gasteiger partial charge in [0.1, 0.15) is 17.1 Å². The van der Waals surface area contributed by atoms with Gasteiger partial charge in [-0.25, -0.2) is 9.78 Å². The molecule has 3 aromatic rings. The number of imidazole rings is 1. The molecule has 0 radical (unpaired) electrons. The summed E-state index contributed by atoms with van der Waals surface area (Å²) in [6.07, 6.45) is 0. The Kier molecular flexibility index (Phi) is 3.55. The highest BCUT2D eigenvalue weighted by Crippen LogP contribution is 2.29. The van der Waals surface area contributed by atoms with Crippen LogP contribution in [0.25, 0.3) is 22.4 Å². The molecule has 5 nitrogen and oxygen atoms in total. The van der Waals surface area contributed by atoms with Crippen molar-refractivity contribution < 1.29 is 14.6 Å². The van der Waals surface area contributed by atoms with Gasteiger partial charge in [0.2, 0.25) is 0 Å². The molecule has 22 heavy (non-hydrogen) atoms. The summed E-state index contributed by atoms with van der Waals surface area (Å²) in [6, 6.07) is 13.0. The summed E-state index contributed by atoms with van der Waals surface area (Å²) in [7, 11) is 1.47. The summed E-state index contributed by atoms with van der Waals surface area (Å²) in [5.41, 5.74) is 2.95. The average Bonchev–Trinajstić information content (AvgIpc) is 2.92. The van der Waals surface area contributed by atoms with Crippen molar-refractivity contribution in [2.75, 3.05) is 7.11 Å². The van der Waals surface area contributed by atoms with Crippen LogP contribution in [-0.4, -0.2) is 27.7 Å². The monoisotopic (exact) mass is 296 g/mol.